The van der Waals surface area contributed by atoms with Gasteiger partial charge in [-0.05, 0) is 68.4 Å². The van der Waals surface area contributed by atoms with Gasteiger partial charge in [0.05, 0.1) is 29.4 Å². The van der Waals surface area contributed by atoms with E-state index < -0.39 is 0 Å². The highest BCUT2D eigenvalue weighted by molar-refractivity contribution is 9.10. The molecule has 0 N–H and O–H groups in total. The Kier molecular flexibility index (Phi) is 5.31. The standard InChI is InChI=1S/C22H19BrN4O2/c1-3-29-19-9-7-17(8-10-19)26-12-4-5-18(26)14-24-27-15(2)25-21-11-6-16(23)13-20(21)22(27)28/h4-14H,3H2,1-2H3. The summed E-state index contributed by atoms with van der Waals surface area (Å²) in [6.45, 7) is 4.36. The van der Waals surface area contributed by atoms with Crippen LogP contribution in [0.3, 0.4) is 0 Å². The molecule has 7 heteroatoms. The van der Waals surface area contributed by atoms with Gasteiger partial charge in [0.15, 0.2) is 0 Å². The van der Waals surface area contributed by atoms with Crippen molar-refractivity contribution >= 4 is 33.0 Å². The molecule has 2 heterocycles. The number of ether oxygens (including phenoxy) is 1. The number of fused-ring (bicyclic) bond motifs is 1. The summed E-state index contributed by atoms with van der Waals surface area (Å²) in [5, 5.41) is 4.93. The van der Waals surface area contributed by atoms with Gasteiger partial charge in [-0.2, -0.15) is 9.78 Å². The van der Waals surface area contributed by atoms with Crippen molar-refractivity contribution in [1.82, 2.24) is 14.2 Å². The van der Waals surface area contributed by atoms with E-state index in [1.54, 1.807) is 19.2 Å². The molecule has 4 rings (SSSR count). The second-order valence-electron chi connectivity index (χ2n) is 6.41. The zero-order valence-corrected chi connectivity index (χ0v) is 17.6. The summed E-state index contributed by atoms with van der Waals surface area (Å²) in [7, 11) is 0. The Morgan fingerprint density at radius 1 is 1.17 bits per heavy atom. The molecule has 0 spiro atoms. The van der Waals surface area contributed by atoms with Crippen molar-refractivity contribution in [1.29, 1.82) is 0 Å². The van der Waals surface area contributed by atoms with Crippen molar-refractivity contribution in [2.75, 3.05) is 6.61 Å². The summed E-state index contributed by atoms with van der Waals surface area (Å²) in [5.41, 5.74) is 2.27. The van der Waals surface area contributed by atoms with Gasteiger partial charge in [0.2, 0.25) is 0 Å². The molecule has 0 radical (unpaired) electrons. The predicted octanol–water partition coefficient (Wildman–Crippen LogP) is 4.54. The Morgan fingerprint density at radius 3 is 2.72 bits per heavy atom. The molecular formula is C22H19BrN4O2. The van der Waals surface area contributed by atoms with Gasteiger partial charge in [0.25, 0.3) is 5.56 Å². The van der Waals surface area contributed by atoms with Crippen LogP contribution in [0.15, 0.2) is 75.2 Å². The summed E-state index contributed by atoms with van der Waals surface area (Å²) >= 11 is 3.40. The average Bonchev–Trinajstić information content (AvgIpc) is 3.18. The first-order valence-electron chi connectivity index (χ1n) is 9.20. The van der Waals surface area contributed by atoms with E-state index in [1.807, 2.05) is 66.2 Å². The van der Waals surface area contributed by atoms with Gasteiger partial charge in [-0.15, -0.1) is 0 Å². The van der Waals surface area contributed by atoms with Crippen LogP contribution in [0.2, 0.25) is 0 Å². The fourth-order valence-electron chi connectivity index (χ4n) is 3.12. The SMILES string of the molecule is CCOc1ccc(-n2cccc2C=Nn2c(C)nc3ccc(Br)cc3c2=O)cc1. The van der Waals surface area contributed by atoms with Gasteiger partial charge in [0, 0.05) is 16.4 Å². The van der Waals surface area contributed by atoms with E-state index in [4.69, 9.17) is 4.74 Å². The topological polar surface area (TPSA) is 61.4 Å². The van der Waals surface area contributed by atoms with Crippen molar-refractivity contribution in [2.24, 2.45) is 5.10 Å². The monoisotopic (exact) mass is 450 g/mol. The molecule has 4 aromatic rings. The molecule has 146 valence electrons. The second-order valence-corrected chi connectivity index (χ2v) is 7.33. The fraction of sp³-hybridized carbons (Fsp3) is 0.136. The van der Waals surface area contributed by atoms with Gasteiger partial charge in [0.1, 0.15) is 11.6 Å². The van der Waals surface area contributed by atoms with E-state index in [0.717, 1.165) is 21.6 Å². The highest BCUT2D eigenvalue weighted by Crippen LogP contribution is 2.18. The molecule has 2 aromatic heterocycles. The Bertz CT molecular complexity index is 1260. The van der Waals surface area contributed by atoms with E-state index in [9.17, 15) is 4.79 Å². The fourth-order valence-corrected chi connectivity index (χ4v) is 3.48. The first-order valence-corrected chi connectivity index (χ1v) is 10.00. The van der Waals surface area contributed by atoms with Crippen LogP contribution < -0.4 is 10.3 Å². The third-order valence-electron chi connectivity index (χ3n) is 4.48. The summed E-state index contributed by atoms with van der Waals surface area (Å²) in [6.07, 6.45) is 3.61. The maximum absolute atomic E-state index is 12.9. The summed E-state index contributed by atoms with van der Waals surface area (Å²) < 4.78 is 9.64. The number of benzene rings is 2. The largest absolute Gasteiger partial charge is 0.494 e. The van der Waals surface area contributed by atoms with Gasteiger partial charge >= 0.3 is 0 Å². The van der Waals surface area contributed by atoms with E-state index in [1.165, 1.54) is 4.68 Å². The Morgan fingerprint density at radius 2 is 1.97 bits per heavy atom. The zero-order chi connectivity index (χ0) is 20.4. The summed E-state index contributed by atoms with van der Waals surface area (Å²) in [6, 6.07) is 17.1. The Hall–Kier alpha value is -3.19. The molecule has 6 nitrogen and oxygen atoms in total. The summed E-state index contributed by atoms with van der Waals surface area (Å²) in [5.74, 6) is 1.36. The molecule has 0 aliphatic carbocycles. The van der Waals surface area contributed by atoms with E-state index >= 15 is 0 Å². The first-order chi connectivity index (χ1) is 14.1. The van der Waals surface area contributed by atoms with Gasteiger partial charge in [-0.1, -0.05) is 15.9 Å². The van der Waals surface area contributed by atoms with Crippen LogP contribution in [0.5, 0.6) is 5.75 Å². The number of halogens is 1. The predicted molar refractivity (Wildman–Crippen MR) is 118 cm³/mol. The maximum Gasteiger partial charge on any atom is 0.282 e. The van der Waals surface area contributed by atoms with Crippen LogP contribution in [0, 0.1) is 6.92 Å². The van der Waals surface area contributed by atoms with Crippen molar-refractivity contribution in [3.8, 4) is 11.4 Å². The minimum Gasteiger partial charge on any atom is -0.494 e. The van der Waals surface area contributed by atoms with Crippen LogP contribution in [-0.2, 0) is 0 Å². The number of rotatable bonds is 5. The molecule has 0 bridgehead atoms. The van der Waals surface area contributed by atoms with Crippen molar-refractivity contribution in [3.05, 3.63) is 87.1 Å². The molecule has 0 amide bonds. The Balaban J connectivity index is 1.71. The van der Waals surface area contributed by atoms with Crippen LogP contribution in [0.25, 0.3) is 16.6 Å². The normalized spacial score (nSPS) is 11.4. The highest BCUT2D eigenvalue weighted by atomic mass is 79.9. The summed E-state index contributed by atoms with van der Waals surface area (Å²) in [4.78, 5) is 17.4. The van der Waals surface area contributed by atoms with Crippen molar-refractivity contribution in [2.45, 2.75) is 13.8 Å². The molecule has 0 atom stereocenters. The second kappa shape index (κ2) is 8.05. The molecule has 0 aliphatic rings. The number of nitrogens with zero attached hydrogens (tertiary/aromatic N) is 4. The molecule has 0 aliphatic heterocycles. The van der Waals surface area contributed by atoms with Crippen LogP contribution in [0.4, 0.5) is 0 Å². The average molecular weight is 451 g/mol. The van der Waals surface area contributed by atoms with Crippen molar-refractivity contribution < 1.29 is 4.74 Å². The maximum atomic E-state index is 12.9. The Labute approximate surface area is 176 Å². The lowest BCUT2D eigenvalue weighted by atomic mass is 10.2. The lowest BCUT2D eigenvalue weighted by molar-refractivity contribution is 0.340. The van der Waals surface area contributed by atoms with Gasteiger partial charge in [-0.3, -0.25) is 4.79 Å². The lowest BCUT2D eigenvalue weighted by Gasteiger charge is -2.09. The molecule has 0 saturated carbocycles. The number of hydrogen-bond donors (Lipinski definition) is 0. The van der Waals surface area contributed by atoms with Gasteiger partial charge < -0.3 is 9.30 Å². The van der Waals surface area contributed by atoms with Crippen LogP contribution >= 0.6 is 15.9 Å². The van der Waals surface area contributed by atoms with E-state index in [2.05, 4.69) is 26.0 Å². The molecule has 2 aromatic carbocycles. The molecule has 0 fully saturated rings. The van der Waals surface area contributed by atoms with Crippen molar-refractivity contribution in [3.63, 3.8) is 0 Å². The number of aryl methyl sites for hydroxylation is 1. The first kappa shape index (κ1) is 19.1. The molecule has 0 unspecified atom stereocenters. The third kappa shape index (κ3) is 3.86. The van der Waals surface area contributed by atoms with E-state index in [0.29, 0.717) is 23.3 Å². The van der Waals surface area contributed by atoms with Crippen LogP contribution in [-0.4, -0.2) is 27.0 Å². The quantitative estimate of drug-likeness (QED) is 0.419. The van der Waals surface area contributed by atoms with E-state index in [-0.39, 0.29) is 5.56 Å². The number of hydrogen-bond acceptors (Lipinski definition) is 4. The minimum atomic E-state index is -0.204. The third-order valence-corrected chi connectivity index (χ3v) is 4.98. The zero-order valence-electron chi connectivity index (χ0n) is 16.0. The van der Waals surface area contributed by atoms with Crippen LogP contribution in [0.1, 0.15) is 18.4 Å². The molecular weight excluding hydrogens is 432 g/mol. The van der Waals surface area contributed by atoms with Gasteiger partial charge in [-0.25, -0.2) is 4.98 Å². The molecule has 0 saturated heterocycles. The minimum absolute atomic E-state index is 0.204. The lowest BCUT2D eigenvalue weighted by Crippen LogP contribution is -2.20. The molecule has 29 heavy (non-hydrogen) atoms. The smallest absolute Gasteiger partial charge is 0.282 e. The highest BCUT2D eigenvalue weighted by Gasteiger charge is 2.08. The number of aromatic nitrogens is 3.